The molecule has 1 saturated heterocycles. The molecule has 3 aromatic carbocycles. The van der Waals surface area contributed by atoms with Crippen LogP contribution in [0.5, 0.6) is 0 Å². The molecule has 0 aliphatic carbocycles. The summed E-state index contributed by atoms with van der Waals surface area (Å²) in [4.78, 5) is 16.7. The number of sulfonamides is 2. The van der Waals surface area contributed by atoms with Crippen molar-refractivity contribution in [3.8, 4) is 5.69 Å². The standard InChI is InChI=1S/C30H31Cl2FN6O6S3/c1-30(2,20-4-8-22(9-5-20)47(34,41)42)27-17-35-29(39(27)21-6-10-26(33)25(32)15-21)46-18-19-3-7-23(16-24(19)31)48(43,44)37-28(40)36-38-11-13-45-14-12-38/h3-10,15-17H,11-14,18H2,1-2H3,(H2,34,41,42)(H2,36,37,40). The number of nitrogens with two attached hydrogens (primary N) is 1. The molecule has 0 saturated carbocycles. The molecule has 48 heavy (non-hydrogen) atoms. The molecule has 0 atom stereocenters. The van der Waals surface area contributed by atoms with Crippen LogP contribution >= 0.6 is 35.0 Å². The lowest BCUT2D eigenvalue weighted by Gasteiger charge is -2.27. The smallest absolute Gasteiger partial charge is 0.343 e. The van der Waals surface area contributed by atoms with Crippen LogP contribution in [0.2, 0.25) is 10.0 Å². The van der Waals surface area contributed by atoms with Gasteiger partial charge in [0, 0.05) is 35.0 Å². The number of imidazole rings is 1. The minimum absolute atomic E-state index is 0.0279. The van der Waals surface area contributed by atoms with E-state index >= 15 is 0 Å². The predicted molar refractivity (Wildman–Crippen MR) is 181 cm³/mol. The Hall–Kier alpha value is -3.22. The summed E-state index contributed by atoms with van der Waals surface area (Å²) < 4.78 is 72.6. The third kappa shape index (κ3) is 8.14. The first-order valence-corrected chi connectivity index (χ1v) is 19.1. The lowest BCUT2D eigenvalue weighted by atomic mass is 9.81. The van der Waals surface area contributed by atoms with Crippen molar-refractivity contribution in [1.82, 2.24) is 24.7 Å². The zero-order chi connectivity index (χ0) is 34.9. The molecule has 256 valence electrons. The van der Waals surface area contributed by atoms with Crippen LogP contribution in [-0.2, 0) is 36.0 Å². The number of nitrogens with zero attached hydrogens (tertiary/aromatic N) is 3. The van der Waals surface area contributed by atoms with Crippen molar-refractivity contribution >= 4 is 61.0 Å². The van der Waals surface area contributed by atoms with Gasteiger partial charge in [0.1, 0.15) is 5.82 Å². The maximum absolute atomic E-state index is 14.2. The Kier molecular flexibility index (Phi) is 10.8. The van der Waals surface area contributed by atoms with E-state index in [2.05, 4.69) is 10.4 Å². The Morgan fingerprint density at radius 2 is 1.67 bits per heavy atom. The average Bonchev–Trinajstić information content (AvgIpc) is 3.46. The lowest BCUT2D eigenvalue weighted by Crippen LogP contribution is -2.52. The quantitative estimate of drug-likeness (QED) is 0.193. The fourth-order valence-electron chi connectivity index (χ4n) is 4.94. The topological polar surface area (TPSA) is 166 Å². The van der Waals surface area contributed by atoms with Gasteiger partial charge in [0.2, 0.25) is 10.0 Å². The lowest BCUT2D eigenvalue weighted by molar-refractivity contribution is 0.0200. The number of rotatable bonds is 10. The zero-order valence-electron chi connectivity index (χ0n) is 25.6. The Bertz CT molecular complexity index is 2060. The molecule has 1 aliphatic heterocycles. The highest BCUT2D eigenvalue weighted by Gasteiger charge is 2.30. The third-order valence-corrected chi connectivity index (χ3v) is 11.5. The van der Waals surface area contributed by atoms with Crippen LogP contribution in [0.15, 0.2) is 81.8 Å². The second-order valence-electron chi connectivity index (χ2n) is 11.2. The second-order valence-corrected chi connectivity index (χ2v) is 16.2. The monoisotopic (exact) mass is 756 g/mol. The fraction of sp³-hybridized carbons (Fsp3) is 0.267. The van der Waals surface area contributed by atoms with Gasteiger partial charge in [0.25, 0.3) is 10.0 Å². The van der Waals surface area contributed by atoms with Crippen LogP contribution in [0, 0.1) is 5.82 Å². The molecule has 12 nitrogen and oxygen atoms in total. The van der Waals surface area contributed by atoms with Gasteiger partial charge in [-0.25, -0.2) is 45.9 Å². The first-order valence-electron chi connectivity index (χ1n) is 14.3. The summed E-state index contributed by atoms with van der Waals surface area (Å²) in [6.07, 6.45) is 1.66. The molecule has 1 aliphatic rings. The van der Waals surface area contributed by atoms with Crippen LogP contribution in [0.25, 0.3) is 5.69 Å². The van der Waals surface area contributed by atoms with Gasteiger partial charge < -0.3 is 4.74 Å². The van der Waals surface area contributed by atoms with E-state index in [-0.39, 0.29) is 25.6 Å². The number of urea groups is 1. The maximum Gasteiger partial charge on any atom is 0.343 e. The van der Waals surface area contributed by atoms with Crippen molar-refractivity contribution in [3.05, 3.63) is 99.5 Å². The molecule has 2 heterocycles. The Morgan fingerprint density at radius 1 is 1.00 bits per heavy atom. The number of halogens is 3. The van der Waals surface area contributed by atoms with Crippen molar-refractivity contribution in [1.29, 1.82) is 0 Å². The van der Waals surface area contributed by atoms with Crippen LogP contribution in [0.4, 0.5) is 9.18 Å². The Balaban J connectivity index is 1.40. The number of amides is 2. The molecule has 5 rings (SSSR count). The molecule has 4 N–H and O–H groups in total. The molecular weight excluding hydrogens is 726 g/mol. The molecule has 1 fully saturated rings. The third-order valence-electron chi connectivity index (χ3n) is 7.63. The zero-order valence-corrected chi connectivity index (χ0v) is 29.6. The molecule has 1 aromatic heterocycles. The fourth-order valence-corrected chi connectivity index (χ4v) is 7.94. The highest BCUT2D eigenvalue weighted by Crippen LogP contribution is 2.38. The number of hydrogen-bond donors (Lipinski definition) is 3. The summed E-state index contributed by atoms with van der Waals surface area (Å²) in [5.41, 5.74) is 4.31. The highest BCUT2D eigenvalue weighted by molar-refractivity contribution is 7.98. The number of hydrogen-bond acceptors (Lipinski definition) is 9. The largest absolute Gasteiger partial charge is 0.379 e. The Morgan fingerprint density at radius 3 is 2.29 bits per heavy atom. The molecule has 18 heteroatoms. The number of carbonyl (C=O) groups excluding carboxylic acids is 1. The van der Waals surface area contributed by atoms with Gasteiger partial charge in [0.15, 0.2) is 5.16 Å². The number of carbonyl (C=O) groups is 1. The van der Waals surface area contributed by atoms with Gasteiger partial charge in [-0.1, -0.05) is 67.0 Å². The molecular formula is C30H31Cl2FN6O6S3. The number of benzene rings is 3. The molecule has 0 radical (unpaired) electrons. The van der Waals surface area contributed by atoms with Crippen molar-refractivity contribution in [3.63, 3.8) is 0 Å². The number of aromatic nitrogens is 2. The van der Waals surface area contributed by atoms with Crippen LogP contribution in [0.1, 0.15) is 30.7 Å². The number of ether oxygens (including phenoxy) is 1. The first kappa shape index (κ1) is 36.1. The summed E-state index contributed by atoms with van der Waals surface area (Å²) >= 11 is 14.0. The summed E-state index contributed by atoms with van der Waals surface area (Å²) in [5.74, 6) is -0.331. The van der Waals surface area contributed by atoms with Crippen molar-refractivity contribution in [2.45, 2.75) is 40.0 Å². The van der Waals surface area contributed by atoms with E-state index in [1.54, 1.807) is 35.5 Å². The number of nitrogens with one attached hydrogen (secondary N) is 2. The van der Waals surface area contributed by atoms with Gasteiger partial charge >= 0.3 is 6.03 Å². The van der Waals surface area contributed by atoms with Crippen LogP contribution < -0.4 is 15.3 Å². The molecule has 0 unspecified atom stereocenters. The van der Waals surface area contributed by atoms with E-state index in [1.165, 1.54) is 48.2 Å². The molecule has 4 aromatic rings. The highest BCUT2D eigenvalue weighted by atomic mass is 35.5. The summed E-state index contributed by atoms with van der Waals surface area (Å²) in [6, 6.07) is 13.7. The van der Waals surface area contributed by atoms with Gasteiger partial charge in [-0.3, -0.25) is 9.99 Å². The summed E-state index contributed by atoms with van der Waals surface area (Å²) in [7, 11) is -8.12. The van der Waals surface area contributed by atoms with Gasteiger partial charge in [0.05, 0.1) is 39.9 Å². The van der Waals surface area contributed by atoms with Gasteiger partial charge in [-0.15, -0.1) is 0 Å². The van der Waals surface area contributed by atoms with E-state index in [0.717, 1.165) is 5.56 Å². The van der Waals surface area contributed by atoms with E-state index in [9.17, 15) is 26.0 Å². The minimum Gasteiger partial charge on any atom is -0.379 e. The SMILES string of the molecule is CC(C)(c1ccc(S(N)(=O)=O)cc1)c1cnc(SCc2ccc(S(=O)(=O)NC(=O)NN3CCOCC3)cc2Cl)n1-c1ccc(F)c(Cl)c1. The maximum atomic E-state index is 14.2. The predicted octanol–water partition coefficient (Wildman–Crippen LogP) is 4.82. The minimum atomic E-state index is -4.23. The molecule has 2 amide bonds. The summed E-state index contributed by atoms with van der Waals surface area (Å²) in [6.45, 7) is 5.53. The van der Waals surface area contributed by atoms with Crippen molar-refractivity contribution in [2.24, 2.45) is 5.14 Å². The number of primary sulfonamides is 1. The molecule has 0 bridgehead atoms. The van der Waals surface area contributed by atoms with E-state index in [1.807, 2.05) is 23.1 Å². The van der Waals surface area contributed by atoms with Crippen molar-refractivity contribution in [2.75, 3.05) is 26.3 Å². The normalized spacial score (nSPS) is 14.5. The van der Waals surface area contributed by atoms with Gasteiger partial charge in [-0.2, -0.15) is 0 Å². The van der Waals surface area contributed by atoms with E-state index in [4.69, 9.17) is 33.1 Å². The Labute approximate surface area is 291 Å². The van der Waals surface area contributed by atoms with Gasteiger partial charge in [-0.05, 0) is 53.6 Å². The van der Waals surface area contributed by atoms with Crippen LogP contribution in [-0.4, -0.2) is 63.7 Å². The number of morpholine rings is 1. The van der Waals surface area contributed by atoms with Crippen LogP contribution in [0.3, 0.4) is 0 Å². The number of thioether (sulfide) groups is 1. The van der Waals surface area contributed by atoms with E-state index in [0.29, 0.717) is 48.4 Å². The average molecular weight is 758 g/mol. The molecule has 0 spiro atoms. The second kappa shape index (κ2) is 14.3. The van der Waals surface area contributed by atoms with E-state index < -0.39 is 37.3 Å². The van der Waals surface area contributed by atoms with Crippen molar-refractivity contribution < 1.29 is 30.8 Å². The number of hydrazine groups is 1. The summed E-state index contributed by atoms with van der Waals surface area (Å²) in [5, 5.41) is 7.39. The first-order chi connectivity index (χ1) is 22.6.